The van der Waals surface area contributed by atoms with Gasteiger partial charge in [0.25, 0.3) is 0 Å². The van der Waals surface area contributed by atoms with E-state index in [1.807, 2.05) is 45.8 Å². The summed E-state index contributed by atoms with van der Waals surface area (Å²) in [7, 11) is 3.59. The van der Waals surface area contributed by atoms with E-state index in [0.29, 0.717) is 32.4 Å². The van der Waals surface area contributed by atoms with E-state index in [2.05, 4.69) is 0 Å². The molecule has 7 heteroatoms. The second-order valence-electron chi connectivity index (χ2n) is 8.53. The van der Waals surface area contributed by atoms with Gasteiger partial charge < -0.3 is 14.5 Å². The lowest BCUT2D eigenvalue weighted by molar-refractivity contribution is -0.132. The van der Waals surface area contributed by atoms with E-state index in [1.165, 1.54) is 12.1 Å². The summed E-state index contributed by atoms with van der Waals surface area (Å²) < 4.78 is 7.20. The van der Waals surface area contributed by atoms with Crippen molar-refractivity contribution in [3.8, 4) is 5.75 Å². The summed E-state index contributed by atoms with van der Waals surface area (Å²) in [5, 5.41) is 4.70. The average molecular weight is 425 g/mol. The Bertz CT molecular complexity index is 946. The Hall–Kier alpha value is -2.83. The molecule has 1 aromatic heterocycles. The zero-order valence-corrected chi connectivity index (χ0v) is 18.6. The monoisotopic (exact) mass is 424 g/mol. The fourth-order valence-electron chi connectivity index (χ4n) is 4.68. The number of carbonyl (C=O) groups excluding carboxylic acids is 2. The largest absolute Gasteiger partial charge is 0.497 e. The first-order valence-corrected chi connectivity index (χ1v) is 11.3. The standard InChI is InChI=1S/C24H32N4O3/c1-26-22-11-14-28(24(30)16-18-7-6-8-19(15-18)31-2)17-20(22)21(25-26)9-10-23(29)27-12-4-3-5-13-27/h6-8,15H,3-5,9-14,16-17H2,1-2H3. The zero-order chi connectivity index (χ0) is 21.8. The topological polar surface area (TPSA) is 67.7 Å². The molecule has 4 rings (SSSR count). The van der Waals surface area contributed by atoms with Crippen molar-refractivity contribution in [2.45, 2.75) is 51.5 Å². The smallest absolute Gasteiger partial charge is 0.227 e. The number of amides is 2. The molecule has 0 radical (unpaired) electrons. The minimum Gasteiger partial charge on any atom is -0.497 e. The lowest BCUT2D eigenvalue weighted by atomic mass is 10.0. The molecule has 0 unspecified atom stereocenters. The molecule has 0 aliphatic carbocycles. The number of carbonyl (C=O) groups is 2. The molecule has 166 valence electrons. The van der Waals surface area contributed by atoms with Gasteiger partial charge in [-0.15, -0.1) is 0 Å². The fraction of sp³-hybridized carbons (Fsp3) is 0.542. The first-order valence-electron chi connectivity index (χ1n) is 11.3. The predicted octanol–water partition coefficient (Wildman–Crippen LogP) is 2.50. The fourth-order valence-corrected chi connectivity index (χ4v) is 4.68. The van der Waals surface area contributed by atoms with Gasteiger partial charge in [0, 0.05) is 63.7 Å². The highest BCUT2D eigenvalue weighted by Gasteiger charge is 2.27. The van der Waals surface area contributed by atoms with Crippen LogP contribution in [0.25, 0.3) is 0 Å². The van der Waals surface area contributed by atoms with Crippen molar-refractivity contribution in [1.29, 1.82) is 0 Å². The molecule has 2 aromatic rings. The van der Waals surface area contributed by atoms with Gasteiger partial charge in [-0.25, -0.2) is 0 Å². The number of hydrogen-bond acceptors (Lipinski definition) is 4. The molecule has 1 saturated heterocycles. The van der Waals surface area contributed by atoms with Crippen LogP contribution < -0.4 is 4.74 Å². The van der Waals surface area contributed by atoms with Gasteiger partial charge in [-0.05, 0) is 37.0 Å². The SMILES string of the molecule is COc1cccc(CC(=O)N2CCc3c(c(CCC(=O)N4CCCCC4)nn3C)C2)c1. The highest BCUT2D eigenvalue weighted by molar-refractivity contribution is 5.79. The predicted molar refractivity (Wildman–Crippen MR) is 118 cm³/mol. The van der Waals surface area contributed by atoms with E-state index < -0.39 is 0 Å². The number of nitrogens with zero attached hydrogens (tertiary/aromatic N) is 4. The first kappa shape index (κ1) is 21.4. The van der Waals surface area contributed by atoms with Crippen LogP contribution in [0.4, 0.5) is 0 Å². The molecule has 2 amide bonds. The molecule has 0 bridgehead atoms. The number of ether oxygens (including phenoxy) is 1. The highest BCUT2D eigenvalue weighted by atomic mass is 16.5. The Morgan fingerprint density at radius 2 is 1.87 bits per heavy atom. The first-order chi connectivity index (χ1) is 15.0. The lowest BCUT2D eigenvalue weighted by Gasteiger charge is -2.28. The lowest BCUT2D eigenvalue weighted by Crippen LogP contribution is -2.37. The molecule has 31 heavy (non-hydrogen) atoms. The molecular weight excluding hydrogens is 392 g/mol. The van der Waals surface area contributed by atoms with Crippen LogP contribution in [0.1, 0.15) is 48.2 Å². The van der Waals surface area contributed by atoms with E-state index in [4.69, 9.17) is 9.84 Å². The van der Waals surface area contributed by atoms with Crippen LogP contribution >= 0.6 is 0 Å². The summed E-state index contributed by atoms with van der Waals surface area (Å²) in [6.07, 6.45) is 5.71. The maximum Gasteiger partial charge on any atom is 0.227 e. The minimum absolute atomic E-state index is 0.109. The Balaban J connectivity index is 1.40. The summed E-state index contributed by atoms with van der Waals surface area (Å²) in [6.45, 7) is 3.03. The molecule has 0 saturated carbocycles. The van der Waals surface area contributed by atoms with E-state index in [9.17, 15) is 9.59 Å². The molecule has 2 aliphatic rings. The van der Waals surface area contributed by atoms with Crippen molar-refractivity contribution < 1.29 is 14.3 Å². The van der Waals surface area contributed by atoms with Gasteiger partial charge in [0.15, 0.2) is 0 Å². The summed E-state index contributed by atoms with van der Waals surface area (Å²) in [6, 6.07) is 7.66. The van der Waals surface area contributed by atoms with Gasteiger partial charge in [0.1, 0.15) is 5.75 Å². The number of aryl methyl sites for hydroxylation is 2. The third-order valence-corrected chi connectivity index (χ3v) is 6.45. The number of aromatic nitrogens is 2. The number of benzene rings is 1. The van der Waals surface area contributed by atoms with E-state index in [-0.39, 0.29) is 11.8 Å². The van der Waals surface area contributed by atoms with Gasteiger partial charge in [0.2, 0.25) is 11.8 Å². The average Bonchev–Trinajstić information content (AvgIpc) is 3.13. The molecular formula is C24H32N4O3. The minimum atomic E-state index is 0.109. The van der Waals surface area contributed by atoms with Crippen LogP contribution in [0.2, 0.25) is 0 Å². The van der Waals surface area contributed by atoms with Gasteiger partial charge in [-0.2, -0.15) is 5.10 Å². The van der Waals surface area contributed by atoms with E-state index in [0.717, 1.165) is 54.9 Å². The molecule has 2 aliphatic heterocycles. The zero-order valence-electron chi connectivity index (χ0n) is 18.6. The number of methoxy groups -OCH3 is 1. The number of rotatable bonds is 6. The van der Waals surface area contributed by atoms with Gasteiger partial charge in [0.05, 0.1) is 19.2 Å². The van der Waals surface area contributed by atoms with Crippen molar-refractivity contribution in [1.82, 2.24) is 19.6 Å². The van der Waals surface area contributed by atoms with Gasteiger partial charge >= 0.3 is 0 Å². The van der Waals surface area contributed by atoms with Crippen molar-refractivity contribution in [3.63, 3.8) is 0 Å². The summed E-state index contributed by atoms with van der Waals surface area (Å²) in [5.41, 5.74) is 4.22. The van der Waals surface area contributed by atoms with E-state index in [1.54, 1.807) is 7.11 Å². The molecule has 0 atom stereocenters. The quantitative estimate of drug-likeness (QED) is 0.715. The van der Waals surface area contributed by atoms with Crippen LogP contribution in [-0.2, 0) is 42.4 Å². The number of fused-ring (bicyclic) bond motifs is 1. The number of piperidine rings is 1. The van der Waals surface area contributed by atoms with Crippen molar-refractivity contribution in [3.05, 3.63) is 46.8 Å². The second-order valence-corrected chi connectivity index (χ2v) is 8.53. The second kappa shape index (κ2) is 9.54. The third kappa shape index (κ3) is 4.92. The van der Waals surface area contributed by atoms with Gasteiger partial charge in [-0.1, -0.05) is 12.1 Å². The maximum absolute atomic E-state index is 13.0. The van der Waals surface area contributed by atoms with Crippen LogP contribution in [-0.4, -0.2) is 58.1 Å². The van der Waals surface area contributed by atoms with Crippen molar-refractivity contribution in [2.75, 3.05) is 26.7 Å². The Kier molecular flexibility index (Phi) is 6.59. The Morgan fingerprint density at radius 3 is 2.65 bits per heavy atom. The van der Waals surface area contributed by atoms with Crippen molar-refractivity contribution >= 4 is 11.8 Å². The molecule has 1 fully saturated rings. The summed E-state index contributed by atoms with van der Waals surface area (Å²) in [4.78, 5) is 29.5. The van der Waals surface area contributed by atoms with Gasteiger partial charge in [-0.3, -0.25) is 14.3 Å². The van der Waals surface area contributed by atoms with Crippen molar-refractivity contribution in [2.24, 2.45) is 7.05 Å². The third-order valence-electron chi connectivity index (χ3n) is 6.45. The molecule has 1 aromatic carbocycles. The van der Waals surface area contributed by atoms with Crippen LogP contribution in [0, 0.1) is 0 Å². The van der Waals surface area contributed by atoms with Crippen LogP contribution in [0.3, 0.4) is 0 Å². The Labute approximate surface area is 184 Å². The molecule has 3 heterocycles. The molecule has 7 nitrogen and oxygen atoms in total. The maximum atomic E-state index is 13.0. The number of hydrogen-bond donors (Lipinski definition) is 0. The summed E-state index contributed by atoms with van der Waals surface area (Å²) >= 11 is 0. The summed E-state index contributed by atoms with van der Waals surface area (Å²) in [5.74, 6) is 1.10. The molecule has 0 spiro atoms. The number of likely N-dealkylation sites (tertiary alicyclic amines) is 1. The van der Waals surface area contributed by atoms with Crippen LogP contribution in [0.5, 0.6) is 5.75 Å². The van der Waals surface area contributed by atoms with Crippen LogP contribution in [0.15, 0.2) is 24.3 Å². The molecule has 0 N–H and O–H groups in total. The van der Waals surface area contributed by atoms with E-state index >= 15 is 0 Å². The highest BCUT2D eigenvalue weighted by Crippen LogP contribution is 2.24. The Morgan fingerprint density at radius 1 is 1.06 bits per heavy atom. The normalized spacial score (nSPS) is 16.2.